The largest absolute Gasteiger partial charge is 0.394 e. The summed E-state index contributed by atoms with van der Waals surface area (Å²) < 4.78 is 4.58. The van der Waals surface area contributed by atoms with Gasteiger partial charge in [-0.15, -0.1) is 0 Å². The molecule has 1 rings (SSSR count). The molecule has 0 saturated carbocycles. The van der Waals surface area contributed by atoms with E-state index < -0.39 is 37.3 Å². The molecule has 1 unspecified atom stereocenters. The molecule has 0 aromatic rings. The summed E-state index contributed by atoms with van der Waals surface area (Å²) in [6, 6.07) is 0. The summed E-state index contributed by atoms with van der Waals surface area (Å²) >= 11 is 0. The lowest BCUT2D eigenvalue weighted by Crippen LogP contribution is -2.58. The molecule has 72 valence electrons. The minimum Gasteiger partial charge on any atom is -0.394 e. The maximum atomic E-state index is 9.12. The third-order valence-electron chi connectivity index (χ3n) is 1.87. The summed E-state index contributed by atoms with van der Waals surface area (Å²) in [7, 11) is 0. The van der Waals surface area contributed by atoms with Crippen LogP contribution in [0.25, 0.3) is 0 Å². The van der Waals surface area contributed by atoms with Crippen molar-refractivity contribution in [3.8, 4) is 0 Å². The number of hydrogen-bond acceptors (Lipinski definition) is 6. The average molecular weight is 180 g/mol. The summed E-state index contributed by atoms with van der Waals surface area (Å²) in [5.41, 5.74) is 0. The molecule has 5 N–H and O–H groups in total. The fourth-order valence-corrected chi connectivity index (χ4v) is 1.08. The van der Waals surface area contributed by atoms with Crippen molar-refractivity contribution in [2.24, 2.45) is 0 Å². The number of aliphatic hydroxyl groups is 5. The molecule has 0 aromatic carbocycles. The molecule has 0 aromatic heterocycles. The Balaban J connectivity index is 2.63. The molecule has 1 saturated heterocycles. The van der Waals surface area contributed by atoms with Crippen molar-refractivity contribution in [3.05, 3.63) is 0 Å². The second-order valence-electron chi connectivity index (χ2n) is 2.72. The quantitative estimate of drug-likeness (QED) is 0.290. The van der Waals surface area contributed by atoms with Crippen LogP contribution in [0.1, 0.15) is 0 Å². The fraction of sp³-hybridized carbons (Fsp3) is 1.00. The predicted octanol–water partition coefficient (Wildman–Crippen LogP) is -3.22. The highest BCUT2D eigenvalue weighted by Crippen LogP contribution is 2.18. The van der Waals surface area contributed by atoms with Crippen LogP contribution in [0, 0.1) is 0 Å². The van der Waals surface area contributed by atoms with Gasteiger partial charge in [0.2, 0.25) is 0 Å². The molecule has 1 aliphatic heterocycles. The van der Waals surface area contributed by atoms with Crippen LogP contribution in [-0.2, 0) is 4.74 Å². The summed E-state index contributed by atoms with van der Waals surface area (Å²) in [5, 5.41) is 44.7. The molecular weight excluding hydrogens is 168 g/mol. The molecule has 6 nitrogen and oxygen atoms in total. The molecule has 0 spiro atoms. The van der Waals surface area contributed by atoms with Crippen LogP contribution in [0.2, 0.25) is 0 Å². The van der Waals surface area contributed by atoms with Gasteiger partial charge in [0.05, 0.1) is 6.61 Å². The summed E-state index contributed by atoms with van der Waals surface area (Å²) in [5.74, 6) is 0. The van der Waals surface area contributed by atoms with Gasteiger partial charge in [0.15, 0.2) is 6.29 Å². The summed E-state index contributed by atoms with van der Waals surface area (Å²) in [6.45, 7) is -0.526. The monoisotopic (exact) mass is 180 g/mol. The van der Waals surface area contributed by atoms with Gasteiger partial charge in [-0.1, -0.05) is 0 Å². The second-order valence-corrected chi connectivity index (χ2v) is 2.72. The number of hydrogen-bond donors (Lipinski definition) is 5. The first-order chi connectivity index (χ1) is 5.57. The zero-order valence-electron chi connectivity index (χ0n) is 6.24. The minimum atomic E-state index is -1.57. The Kier molecular flexibility index (Phi) is 2.99. The third kappa shape index (κ3) is 1.58. The van der Waals surface area contributed by atoms with Gasteiger partial charge in [0, 0.05) is 0 Å². The lowest BCUT2D eigenvalue weighted by atomic mass is 10.00. The average Bonchev–Trinajstić information content (AvgIpc) is 2.08. The Bertz CT molecular complexity index is 146. The van der Waals surface area contributed by atoms with Gasteiger partial charge in [0.25, 0.3) is 0 Å². The van der Waals surface area contributed by atoms with Gasteiger partial charge in [-0.25, -0.2) is 0 Å². The first-order valence-electron chi connectivity index (χ1n) is 3.56. The Morgan fingerprint density at radius 3 is 2.00 bits per heavy atom. The van der Waals surface area contributed by atoms with Crippen molar-refractivity contribution in [1.29, 1.82) is 0 Å². The van der Waals surface area contributed by atoms with E-state index in [0.717, 1.165) is 0 Å². The van der Waals surface area contributed by atoms with E-state index in [1.807, 2.05) is 0 Å². The predicted molar refractivity (Wildman–Crippen MR) is 36.0 cm³/mol. The number of aliphatic hydroxyl groups excluding tert-OH is 5. The van der Waals surface area contributed by atoms with E-state index in [2.05, 4.69) is 4.74 Å². The molecular formula is C6H12O6. The van der Waals surface area contributed by atoms with E-state index in [-0.39, 0.29) is 0 Å². The van der Waals surface area contributed by atoms with Crippen molar-refractivity contribution >= 4 is 0 Å². The highest BCUT2D eigenvalue weighted by molar-refractivity contribution is 4.87. The van der Waals surface area contributed by atoms with Crippen LogP contribution in [0.15, 0.2) is 0 Å². The molecule has 0 amide bonds. The van der Waals surface area contributed by atoms with Gasteiger partial charge in [-0.05, 0) is 0 Å². The van der Waals surface area contributed by atoms with Crippen LogP contribution in [-0.4, -0.2) is 62.8 Å². The lowest BCUT2D eigenvalue weighted by Gasteiger charge is -2.37. The van der Waals surface area contributed by atoms with Gasteiger partial charge >= 0.3 is 0 Å². The molecule has 0 bridgehead atoms. The first kappa shape index (κ1) is 9.85. The van der Waals surface area contributed by atoms with Gasteiger partial charge in [-0.2, -0.15) is 0 Å². The van der Waals surface area contributed by atoms with Crippen LogP contribution >= 0.6 is 0 Å². The Hall–Kier alpha value is -0.240. The third-order valence-corrected chi connectivity index (χ3v) is 1.87. The van der Waals surface area contributed by atoms with E-state index >= 15 is 0 Å². The zero-order valence-corrected chi connectivity index (χ0v) is 6.24. The Morgan fingerprint density at radius 2 is 1.50 bits per heavy atom. The fourth-order valence-electron chi connectivity index (χ4n) is 1.08. The van der Waals surface area contributed by atoms with Crippen LogP contribution < -0.4 is 0 Å². The molecule has 1 aliphatic rings. The molecule has 12 heavy (non-hydrogen) atoms. The molecule has 6 heteroatoms. The Labute approximate surface area is 68.6 Å². The van der Waals surface area contributed by atoms with Crippen LogP contribution in [0.3, 0.4) is 0 Å². The SMILES string of the molecule is OCC1O[C@H](O)[C@@H](O)[C@H](O)[C@H]1O. The number of rotatable bonds is 1. The van der Waals surface area contributed by atoms with Crippen molar-refractivity contribution in [3.63, 3.8) is 0 Å². The standard InChI is InChI=1S/C6H12O6/c7-1-2-3(8)4(9)5(10)6(11)12-2/h2-11H,1H2/t2?,3-,4+,5-,6-/m0/s1. The van der Waals surface area contributed by atoms with Crippen LogP contribution in [0.5, 0.6) is 0 Å². The molecule has 1 fully saturated rings. The normalized spacial score (nSPS) is 49.2. The smallest absolute Gasteiger partial charge is 0.184 e. The van der Waals surface area contributed by atoms with E-state index in [0.29, 0.717) is 0 Å². The van der Waals surface area contributed by atoms with E-state index in [4.69, 9.17) is 25.5 Å². The second kappa shape index (κ2) is 3.65. The summed E-state index contributed by atoms with van der Waals surface area (Å²) in [4.78, 5) is 0. The summed E-state index contributed by atoms with van der Waals surface area (Å²) in [6.07, 6.45) is -7.04. The minimum absolute atomic E-state index is 0.526. The topological polar surface area (TPSA) is 110 Å². The first-order valence-corrected chi connectivity index (χ1v) is 3.56. The van der Waals surface area contributed by atoms with E-state index in [9.17, 15) is 0 Å². The Morgan fingerprint density at radius 1 is 0.917 bits per heavy atom. The maximum absolute atomic E-state index is 9.12. The van der Waals surface area contributed by atoms with Crippen molar-refractivity contribution < 1.29 is 30.3 Å². The molecule has 5 atom stereocenters. The van der Waals surface area contributed by atoms with Crippen LogP contribution in [0.4, 0.5) is 0 Å². The van der Waals surface area contributed by atoms with Gasteiger partial charge < -0.3 is 30.3 Å². The molecule has 0 aliphatic carbocycles. The van der Waals surface area contributed by atoms with Gasteiger partial charge in [-0.3, -0.25) is 0 Å². The highest BCUT2D eigenvalue weighted by atomic mass is 16.6. The van der Waals surface area contributed by atoms with Gasteiger partial charge in [0.1, 0.15) is 24.4 Å². The highest BCUT2D eigenvalue weighted by Gasteiger charge is 2.42. The van der Waals surface area contributed by atoms with E-state index in [1.54, 1.807) is 0 Å². The lowest BCUT2D eigenvalue weighted by molar-refractivity contribution is -0.286. The van der Waals surface area contributed by atoms with Crippen molar-refractivity contribution in [2.45, 2.75) is 30.7 Å². The maximum Gasteiger partial charge on any atom is 0.184 e. The van der Waals surface area contributed by atoms with Crippen molar-refractivity contribution in [1.82, 2.24) is 0 Å². The zero-order chi connectivity index (χ0) is 9.30. The number of ether oxygens (including phenoxy) is 1. The molecule has 0 radical (unpaired) electrons. The van der Waals surface area contributed by atoms with Crippen molar-refractivity contribution in [2.75, 3.05) is 6.61 Å². The van der Waals surface area contributed by atoms with E-state index in [1.165, 1.54) is 0 Å². The molecule has 1 heterocycles.